The molecule has 0 spiro atoms. The van der Waals surface area contributed by atoms with E-state index >= 15 is 0 Å². The van der Waals surface area contributed by atoms with Crippen LogP contribution in [0.15, 0.2) is 12.4 Å². The highest BCUT2D eigenvalue weighted by atomic mass is 35.5. The Labute approximate surface area is 161 Å². The number of hydrogen-bond acceptors (Lipinski definition) is 5. The summed E-state index contributed by atoms with van der Waals surface area (Å²) in [6.45, 7) is 6.40. The first-order valence-corrected chi connectivity index (χ1v) is 10.7. The summed E-state index contributed by atoms with van der Waals surface area (Å²) in [5, 5.41) is 4.02. The van der Waals surface area contributed by atoms with Crippen LogP contribution in [0.4, 0.5) is 5.95 Å². The van der Waals surface area contributed by atoms with E-state index in [0.717, 1.165) is 55.9 Å². The number of ether oxygens (including phenoxy) is 1. The Kier molecular flexibility index (Phi) is 6.28. The molecule has 3 aliphatic rings. The van der Waals surface area contributed by atoms with Crippen LogP contribution >= 0.6 is 11.6 Å². The Hall–Kier alpha value is -0.910. The molecule has 1 aromatic rings. The lowest BCUT2D eigenvalue weighted by molar-refractivity contribution is 0.0822. The molecule has 0 aromatic carbocycles. The summed E-state index contributed by atoms with van der Waals surface area (Å²) in [5.74, 6) is 4.34. The number of nitrogens with one attached hydrogen (secondary N) is 1. The fourth-order valence-corrected chi connectivity index (χ4v) is 4.81. The molecule has 1 saturated carbocycles. The lowest BCUT2D eigenvalue weighted by atomic mass is 9.90. The van der Waals surface area contributed by atoms with Crippen molar-refractivity contribution in [2.45, 2.75) is 38.5 Å². The third kappa shape index (κ3) is 4.87. The van der Waals surface area contributed by atoms with Crippen molar-refractivity contribution in [3.8, 4) is 0 Å². The van der Waals surface area contributed by atoms with Crippen LogP contribution in [0.1, 0.15) is 38.5 Å². The van der Waals surface area contributed by atoms with Gasteiger partial charge in [-0.15, -0.1) is 0 Å². The van der Waals surface area contributed by atoms with E-state index < -0.39 is 0 Å². The number of halogens is 1. The van der Waals surface area contributed by atoms with Gasteiger partial charge in [0.05, 0.1) is 17.4 Å². The van der Waals surface area contributed by atoms with Crippen molar-refractivity contribution in [2.75, 3.05) is 44.3 Å². The maximum atomic E-state index is 5.98. The Morgan fingerprint density at radius 1 is 1.12 bits per heavy atom. The van der Waals surface area contributed by atoms with E-state index in [1.165, 1.54) is 51.6 Å². The van der Waals surface area contributed by atoms with E-state index in [9.17, 15) is 0 Å². The van der Waals surface area contributed by atoms with Gasteiger partial charge in [0.2, 0.25) is 5.95 Å². The number of rotatable bonds is 7. The van der Waals surface area contributed by atoms with Gasteiger partial charge < -0.3 is 15.0 Å². The third-order valence-corrected chi connectivity index (χ3v) is 6.65. The second kappa shape index (κ2) is 8.85. The van der Waals surface area contributed by atoms with Gasteiger partial charge in [0, 0.05) is 26.3 Å². The minimum absolute atomic E-state index is 0.604. The minimum atomic E-state index is 0.604. The number of nitrogens with zero attached hydrogens (tertiary/aromatic N) is 3. The van der Waals surface area contributed by atoms with Crippen LogP contribution in [0, 0.1) is 23.7 Å². The van der Waals surface area contributed by atoms with Gasteiger partial charge >= 0.3 is 0 Å². The molecule has 1 aromatic heterocycles. The lowest BCUT2D eigenvalue weighted by Crippen LogP contribution is -2.35. The first-order chi connectivity index (χ1) is 12.8. The van der Waals surface area contributed by atoms with Crippen LogP contribution in [-0.2, 0) is 4.74 Å². The molecule has 2 aliphatic heterocycles. The number of anilines is 1. The molecule has 2 atom stereocenters. The zero-order valence-corrected chi connectivity index (χ0v) is 16.3. The van der Waals surface area contributed by atoms with E-state index in [-0.39, 0.29) is 0 Å². The standard InChI is InChI=1S/C20H31ClN4O/c21-18-12-23-20(24-13-18)25-8-3-16(4-9-25)19-11-17(19)5-10-26-14-15-1-6-22-7-2-15/h12-13,15-17,19,22H,1-11,14H2/t17-,19-/m1/s1. The SMILES string of the molecule is Clc1cnc(N2CCC([C@H]3C[C@H]3CCOCC3CCNCC3)CC2)nc1. The van der Waals surface area contributed by atoms with Crippen LogP contribution in [0.25, 0.3) is 0 Å². The first kappa shape index (κ1) is 18.5. The maximum absolute atomic E-state index is 5.98. The number of aromatic nitrogens is 2. The zero-order valence-electron chi connectivity index (χ0n) is 15.6. The van der Waals surface area contributed by atoms with Crippen LogP contribution in [0.5, 0.6) is 0 Å². The second-order valence-corrected chi connectivity index (χ2v) is 8.68. The minimum Gasteiger partial charge on any atom is -0.381 e. The Morgan fingerprint density at radius 2 is 1.85 bits per heavy atom. The molecule has 1 aliphatic carbocycles. The lowest BCUT2D eigenvalue weighted by Gasteiger charge is -2.32. The topological polar surface area (TPSA) is 50.3 Å². The molecule has 1 N–H and O–H groups in total. The van der Waals surface area contributed by atoms with Crippen molar-refractivity contribution in [1.82, 2.24) is 15.3 Å². The highest BCUT2D eigenvalue weighted by molar-refractivity contribution is 6.30. The molecule has 0 radical (unpaired) electrons. The summed E-state index contributed by atoms with van der Waals surface area (Å²) in [7, 11) is 0. The first-order valence-electron chi connectivity index (χ1n) is 10.3. The summed E-state index contributed by atoms with van der Waals surface area (Å²) < 4.78 is 5.98. The molecule has 2 saturated heterocycles. The highest BCUT2D eigenvalue weighted by Gasteiger charge is 2.43. The normalized spacial score (nSPS) is 27.7. The molecule has 3 heterocycles. The van der Waals surface area contributed by atoms with Gasteiger partial charge in [-0.2, -0.15) is 0 Å². The van der Waals surface area contributed by atoms with Crippen molar-refractivity contribution in [3.63, 3.8) is 0 Å². The molecule has 6 heteroatoms. The molecular formula is C20H31ClN4O. The van der Waals surface area contributed by atoms with Crippen molar-refractivity contribution in [1.29, 1.82) is 0 Å². The summed E-state index contributed by atoms with van der Waals surface area (Å²) >= 11 is 5.88. The van der Waals surface area contributed by atoms with E-state index in [2.05, 4.69) is 20.2 Å². The molecule has 144 valence electrons. The van der Waals surface area contributed by atoms with Crippen molar-refractivity contribution < 1.29 is 4.74 Å². The molecular weight excluding hydrogens is 348 g/mol. The van der Waals surface area contributed by atoms with Gasteiger partial charge in [-0.25, -0.2) is 9.97 Å². The third-order valence-electron chi connectivity index (χ3n) is 6.46. The number of piperidine rings is 2. The van der Waals surface area contributed by atoms with Gasteiger partial charge in [0.15, 0.2) is 0 Å². The smallest absolute Gasteiger partial charge is 0.225 e. The second-order valence-electron chi connectivity index (χ2n) is 8.24. The average molecular weight is 379 g/mol. The number of hydrogen-bond donors (Lipinski definition) is 1. The fraction of sp³-hybridized carbons (Fsp3) is 0.800. The summed E-state index contributed by atoms with van der Waals surface area (Å²) in [4.78, 5) is 11.0. The average Bonchev–Trinajstić information content (AvgIpc) is 3.47. The summed E-state index contributed by atoms with van der Waals surface area (Å²) in [6.07, 6.45) is 11.2. The van der Waals surface area contributed by atoms with E-state index in [0.29, 0.717) is 5.02 Å². The molecule has 4 rings (SSSR count). The van der Waals surface area contributed by atoms with E-state index in [1.54, 1.807) is 12.4 Å². The molecule has 0 amide bonds. The van der Waals surface area contributed by atoms with Gasteiger partial charge in [0.1, 0.15) is 0 Å². The van der Waals surface area contributed by atoms with Gasteiger partial charge in [0.25, 0.3) is 0 Å². The molecule has 5 nitrogen and oxygen atoms in total. The summed E-state index contributed by atoms with van der Waals surface area (Å²) in [6, 6.07) is 0. The Bertz CT molecular complexity index is 555. The molecule has 3 fully saturated rings. The summed E-state index contributed by atoms with van der Waals surface area (Å²) in [5.41, 5.74) is 0. The van der Waals surface area contributed by atoms with Crippen LogP contribution in [0.3, 0.4) is 0 Å². The molecule has 0 bridgehead atoms. The van der Waals surface area contributed by atoms with Crippen molar-refractivity contribution in [3.05, 3.63) is 17.4 Å². The Balaban J connectivity index is 1.11. The monoisotopic (exact) mass is 378 g/mol. The van der Waals surface area contributed by atoms with Crippen LogP contribution in [-0.4, -0.2) is 49.4 Å². The predicted molar refractivity (Wildman–Crippen MR) is 105 cm³/mol. The Morgan fingerprint density at radius 3 is 2.58 bits per heavy atom. The largest absolute Gasteiger partial charge is 0.381 e. The van der Waals surface area contributed by atoms with Gasteiger partial charge in [-0.1, -0.05) is 11.6 Å². The fourth-order valence-electron chi connectivity index (χ4n) is 4.71. The van der Waals surface area contributed by atoms with Crippen LogP contribution in [0.2, 0.25) is 5.02 Å². The van der Waals surface area contributed by atoms with Crippen molar-refractivity contribution >= 4 is 17.5 Å². The predicted octanol–water partition coefficient (Wildman–Crippen LogP) is 3.39. The van der Waals surface area contributed by atoms with Gasteiger partial charge in [-0.3, -0.25) is 0 Å². The zero-order chi connectivity index (χ0) is 17.8. The maximum Gasteiger partial charge on any atom is 0.225 e. The quantitative estimate of drug-likeness (QED) is 0.737. The van der Waals surface area contributed by atoms with Crippen molar-refractivity contribution in [2.24, 2.45) is 23.7 Å². The highest BCUT2D eigenvalue weighted by Crippen LogP contribution is 2.49. The molecule has 0 unspecified atom stereocenters. The van der Waals surface area contributed by atoms with E-state index in [4.69, 9.17) is 16.3 Å². The van der Waals surface area contributed by atoms with Crippen LogP contribution < -0.4 is 10.2 Å². The van der Waals surface area contributed by atoms with Gasteiger partial charge in [-0.05, 0) is 75.3 Å². The van der Waals surface area contributed by atoms with E-state index in [1.807, 2.05) is 0 Å². The molecule has 26 heavy (non-hydrogen) atoms.